The van der Waals surface area contributed by atoms with Gasteiger partial charge >= 0.3 is 0 Å². The van der Waals surface area contributed by atoms with Crippen LogP contribution in [0.25, 0.3) is 0 Å². The van der Waals surface area contributed by atoms with E-state index in [1.54, 1.807) is 48.5 Å². The Hall–Kier alpha value is -3.88. The number of ether oxygens (including phenoxy) is 3. The van der Waals surface area contributed by atoms with Gasteiger partial charge in [-0.3, -0.25) is 16.1 Å². The van der Waals surface area contributed by atoms with E-state index in [4.69, 9.17) is 25.0 Å². The molecule has 8 nitrogen and oxygen atoms in total. The summed E-state index contributed by atoms with van der Waals surface area (Å²) >= 11 is 0. The zero-order valence-electron chi connectivity index (χ0n) is 16.4. The van der Waals surface area contributed by atoms with Gasteiger partial charge < -0.3 is 14.2 Å². The minimum atomic E-state index is -1.76. The molecule has 150 valence electrons. The monoisotopic (exact) mass is 401 g/mol. The third-order valence-corrected chi connectivity index (χ3v) is 5.99. The minimum absolute atomic E-state index is 0.433. The van der Waals surface area contributed by atoms with Crippen LogP contribution in [0.5, 0.6) is 11.5 Å². The predicted molar refractivity (Wildman–Crippen MR) is 107 cm³/mol. The number of methoxy groups -OCH3 is 2. The first-order valence-corrected chi connectivity index (χ1v) is 9.22. The van der Waals surface area contributed by atoms with Crippen molar-refractivity contribution in [2.45, 2.75) is 12.1 Å². The second kappa shape index (κ2) is 6.87. The fourth-order valence-electron chi connectivity index (χ4n) is 4.62. The van der Waals surface area contributed by atoms with Crippen LogP contribution in [0.2, 0.25) is 0 Å². The maximum Gasteiger partial charge on any atom is 0.213 e. The maximum atomic E-state index is 10.4. The third kappa shape index (κ3) is 2.17. The van der Waals surface area contributed by atoms with E-state index in [0.29, 0.717) is 22.6 Å². The van der Waals surface area contributed by atoms with Gasteiger partial charge in [0.25, 0.3) is 0 Å². The molecule has 2 aliphatic heterocycles. The lowest BCUT2D eigenvalue weighted by molar-refractivity contribution is 0.341. The molecule has 2 aromatic carbocycles. The van der Waals surface area contributed by atoms with Crippen molar-refractivity contribution in [3.63, 3.8) is 0 Å². The first-order chi connectivity index (χ1) is 14.5. The Morgan fingerprint density at radius 3 is 1.60 bits per heavy atom. The van der Waals surface area contributed by atoms with Gasteiger partial charge in [-0.15, -0.1) is 0 Å². The van der Waals surface area contributed by atoms with E-state index in [1.807, 2.05) is 0 Å². The Bertz CT molecular complexity index is 1050. The zero-order chi connectivity index (χ0) is 21.5. The molecule has 2 heterocycles. The molecule has 8 heteroatoms. The van der Waals surface area contributed by atoms with Gasteiger partial charge in [-0.25, -0.2) is 0 Å². The highest BCUT2D eigenvalue weighted by Crippen LogP contribution is 2.66. The Kier molecular flexibility index (Phi) is 4.45. The number of hydrogen-bond donors (Lipinski definition) is 3. The Balaban J connectivity index is 2.04. The number of rotatable bonds is 4. The van der Waals surface area contributed by atoms with E-state index in [0.717, 1.165) is 0 Å². The van der Waals surface area contributed by atoms with Crippen molar-refractivity contribution in [1.29, 1.82) is 21.3 Å². The van der Waals surface area contributed by atoms with E-state index in [-0.39, 0.29) is 0 Å². The van der Waals surface area contributed by atoms with Crippen molar-refractivity contribution >= 4 is 11.8 Å². The van der Waals surface area contributed by atoms with Crippen LogP contribution >= 0.6 is 0 Å². The highest BCUT2D eigenvalue weighted by molar-refractivity contribution is 6.09. The first-order valence-electron chi connectivity index (χ1n) is 9.22. The lowest BCUT2D eigenvalue weighted by atomic mass is 9.60. The maximum absolute atomic E-state index is 10.4. The van der Waals surface area contributed by atoms with Crippen LogP contribution in [0.1, 0.15) is 23.2 Å². The van der Waals surface area contributed by atoms with Gasteiger partial charge in [0.15, 0.2) is 10.8 Å². The largest absolute Gasteiger partial charge is 0.496 e. The number of nitrogens with one attached hydrogen (secondary N) is 3. The van der Waals surface area contributed by atoms with Crippen molar-refractivity contribution in [1.82, 2.24) is 5.32 Å². The summed E-state index contributed by atoms with van der Waals surface area (Å²) in [6, 6.07) is 16.9. The fourth-order valence-corrected chi connectivity index (χ4v) is 4.62. The van der Waals surface area contributed by atoms with Gasteiger partial charge in [0.05, 0.1) is 38.4 Å². The molecule has 0 aliphatic carbocycles. The number of nitrogens with zero attached hydrogens (tertiary/aromatic N) is 2. The highest BCUT2D eigenvalue weighted by Gasteiger charge is 2.78. The Labute approximate surface area is 173 Å². The molecule has 3 N–H and O–H groups in total. The van der Waals surface area contributed by atoms with E-state index in [1.165, 1.54) is 14.2 Å². The van der Waals surface area contributed by atoms with E-state index in [2.05, 4.69) is 17.5 Å². The van der Waals surface area contributed by atoms with E-state index < -0.39 is 34.7 Å². The molecule has 4 atom stereocenters. The minimum Gasteiger partial charge on any atom is -0.496 e. The molecule has 4 rings (SSSR count). The average molecular weight is 401 g/mol. The summed E-state index contributed by atoms with van der Waals surface area (Å²) in [5.41, 5.74) is -2.33. The van der Waals surface area contributed by atoms with Gasteiger partial charge in [-0.2, -0.15) is 10.5 Å². The summed E-state index contributed by atoms with van der Waals surface area (Å²) in [5, 5.41) is 41.1. The Morgan fingerprint density at radius 2 is 1.23 bits per heavy atom. The van der Waals surface area contributed by atoms with Crippen molar-refractivity contribution < 1.29 is 14.2 Å². The normalized spacial score (nSPS) is 29.5. The molecule has 2 aliphatic rings. The highest BCUT2D eigenvalue weighted by atomic mass is 16.5. The van der Waals surface area contributed by atoms with Gasteiger partial charge in [0, 0.05) is 11.1 Å². The van der Waals surface area contributed by atoms with Crippen LogP contribution < -0.4 is 14.8 Å². The summed E-state index contributed by atoms with van der Waals surface area (Å²) in [7, 11) is 3.03. The molecule has 2 fully saturated rings. The molecule has 0 radical (unpaired) electrons. The number of fused-ring (bicyclic) bond motifs is 1. The molecule has 0 spiro atoms. The molecular formula is C22H19N5O3. The number of hydrogen-bond acceptors (Lipinski definition) is 8. The molecule has 0 unspecified atom stereocenters. The second-order valence-corrected chi connectivity index (χ2v) is 7.12. The SMILES string of the molecule is COc1ccccc1[C@H]1N[C@@H](c2ccccc2OC)[C@@]2(C#N)C(=N)OC(=N)[C@]12C#N. The fraction of sp³-hybridized carbons (Fsp3) is 0.273. The lowest BCUT2D eigenvalue weighted by Crippen LogP contribution is -2.43. The van der Waals surface area contributed by atoms with Crippen molar-refractivity contribution in [3.8, 4) is 23.6 Å². The lowest BCUT2D eigenvalue weighted by Gasteiger charge is -2.30. The van der Waals surface area contributed by atoms with Crippen LogP contribution in [0.15, 0.2) is 48.5 Å². The molecule has 0 saturated carbocycles. The van der Waals surface area contributed by atoms with Crippen LogP contribution in [-0.4, -0.2) is 26.0 Å². The second-order valence-electron chi connectivity index (χ2n) is 7.12. The summed E-state index contributed by atoms with van der Waals surface area (Å²) in [4.78, 5) is 0. The molecule has 0 amide bonds. The smallest absolute Gasteiger partial charge is 0.213 e. The molecule has 0 bridgehead atoms. The summed E-state index contributed by atoms with van der Waals surface area (Å²) in [6.45, 7) is 0. The molecular weight excluding hydrogens is 382 g/mol. The van der Waals surface area contributed by atoms with Gasteiger partial charge in [-0.1, -0.05) is 36.4 Å². The van der Waals surface area contributed by atoms with Crippen LogP contribution in [0.3, 0.4) is 0 Å². The third-order valence-electron chi connectivity index (χ3n) is 5.99. The van der Waals surface area contributed by atoms with Crippen molar-refractivity contribution in [3.05, 3.63) is 59.7 Å². The first kappa shape index (κ1) is 19.4. The standard InChI is InChI=1S/C22H19N5O3/c1-28-15-9-5-3-7-13(15)17-21(11-23)19(25)30-20(26)22(21,12-24)18(27-17)14-8-4-6-10-16(14)29-2/h3-10,17-18,25-27H,1-2H3/t17-,18+,21-,22-/m0/s1. The van der Waals surface area contributed by atoms with Crippen LogP contribution in [-0.2, 0) is 4.74 Å². The zero-order valence-corrected chi connectivity index (χ0v) is 16.4. The number of nitriles is 2. The van der Waals surface area contributed by atoms with Gasteiger partial charge in [0.2, 0.25) is 11.8 Å². The summed E-state index contributed by atoms with van der Waals surface area (Å²) in [6.07, 6.45) is 0. The van der Waals surface area contributed by atoms with Crippen molar-refractivity contribution in [2.75, 3.05) is 14.2 Å². The molecule has 2 saturated heterocycles. The van der Waals surface area contributed by atoms with Crippen LogP contribution in [0.4, 0.5) is 0 Å². The van der Waals surface area contributed by atoms with Gasteiger partial charge in [0.1, 0.15) is 11.5 Å². The quantitative estimate of drug-likeness (QED) is 0.720. The molecule has 30 heavy (non-hydrogen) atoms. The van der Waals surface area contributed by atoms with Crippen molar-refractivity contribution in [2.24, 2.45) is 10.8 Å². The Morgan fingerprint density at radius 1 is 0.833 bits per heavy atom. The average Bonchev–Trinajstić information content (AvgIpc) is 3.21. The summed E-state index contributed by atoms with van der Waals surface area (Å²) in [5.74, 6) is 0.140. The number of para-hydroxylation sites is 2. The van der Waals surface area contributed by atoms with E-state index in [9.17, 15) is 10.5 Å². The van der Waals surface area contributed by atoms with Crippen LogP contribution in [0, 0.1) is 44.3 Å². The predicted octanol–water partition coefficient (Wildman–Crippen LogP) is 3.09. The topological polar surface area (TPSA) is 135 Å². The molecule has 2 aromatic rings. The number of benzene rings is 2. The molecule has 0 aromatic heterocycles. The van der Waals surface area contributed by atoms with E-state index >= 15 is 0 Å². The van der Waals surface area contributed by atoms with Gasteiger partial charge in [-0.05, 0) is 12.1 Å². The summed E-state index contributed by atoms with van der Waals surface area (Å²) < 4.78 is 16.3.